The van der Waals surface area contributed by atoms with Crippen LogP contribution in [0.4, 0.5) is 11.8 Å². The molecule has 0 aliphatic rings. The first-order valence-electron chi connectivity index (χ1n) is 6.60. The van der Waals surface area contributed by atoms with Gasteiger partial charge in [0.05, 0.1) is 6.20 Å². The van der Waals surface area contributed by atoms with Crippen molar-refractivity contribution in [3.8, 4) is 0 Å². The maximum atomic E-state index is 4.36. The monoisotopic (exact) mass is 257 g/mol. The van der Waals surface area contributed by atoms with Gasteiger partial charge in [0.2, 0.25) is 5.95 Å². The van der Waals surface area contributed by atoms with Crippen molar-refractivity contribution in [3.63, 3.8) is 0 Å². The third kappa shape index (κ3) is 4.54. The van der Waals surface area contributed by atoms with Gasteiger partial charge in [-0.3, -0.25) is 0 Å². The number of aromatic nitrogens is 3. The normalized spacial score (nSPS) is 10.2. The minimum atomic E-state index is 0.547. The maximum Gasteiger partial charge on any atom is 0.244 e. The Kier molecular flexibility index (Phi) is 5.10. The van der Waals surface area contributed by atoms with Gasteiger partial charge in [0.1, 0.15) is 5.82 Å². The molecule has 0 amide bonds. The summed E-state index contributed by atoms with van der Waals surface area (Å²) in [5.74, 6) is 1.31. The quantitative estimate of drug-likeness (QED) is 0.747. The highest BCUT2D eigenvalue weighted by Gasteiger charge is 1.99. The van der Waals surface area contributed by atoms with Gasteiger partial charge < -0.3 is 10.6 Å². The highest BCUT2D eigenvalue weighted by molar-refractivity contribution is 5.37. The molecule has 2 N–H and O–H groups in total. The third-order valence-corrected chi connectivity index (χ3v) is 2.69. The van der Waals surface area contributed by atoms with E-state index in [0.29, 0.717) is 12.5 Å². The highest BCUT2D eigenvalue weighted by Crippen LogP contribution is 2.06. The van der Waals surface area contributed by atoms with Crippen molar-refractivity contribution in [3.05, 3.63) is 42.1 Å². The molecule has 5 heteroatoms. The van der Waals surface area contributed by atoms with E-state index in [9.17, 15) is 0 Å². The predicted octanol–water partition coefficient (Wildman–Crippen LogP) is 2.70. The molecule has 0 unspecified atom stereocenters. The Morgan fingerprint density at radius 2 is 1.95 bits per heavy atom. The van der Waals surface area contributed by atoms with Crippen molar-refractivity contribution in [2.45, 2.75) is 26.3 Å². The number of unbranched alkanes of at least 4 members (excludes halogenated alkanes) is 1. The zero-order chi connectivity index (χ0) is 13.3. The predicted molar refractivity (Wildman–Crippen MR) is 77.0 cm³/mol. The van der Waals surface area contributed by atoms with E-state index in [4.69, 9.17) is 0 Å². The molecule has 19 heavy (non-hydrogen) atoms. The van der Waals surface area contributed by atoms with Gasteiger partial charge in [-0.1, -0.05) is 43.7 Å². The van der Waals surface area contributed by atoms with E-state index < -0.39 is 0 Å². The van der Waals surface area contributed by atoms with Crippen LogP contribution in [0.15, 0.2) is 36.5 Å². The van der Waals surface area contributed by atoms with Crippen LogP contribution in [0, 0.1) is 0 Å². The minimum Gasteiger partial charge on any atom is -0.369 e. The standard InChI is InChI=1S/C14H19N5/c1-2-3-9-15-13-11-17-19-14(18-13)16-10-12-7-5-4-6-8-12/h4-8,11H,2-3,9-10H2,1H3,(H2,15,16,18,19). The van der Waals surface area contributed by atoms with Gasteiger partial charge in [0.25, 0.3) is 0 Å². The van der Waals surface area contributed by atoms with Crippen molar-refractivity contribution in [2.24, 2.45) is 0 Å². The van der Waals surface area contributed by atoms with Crippen LogP contribution >= 0.6 is 0 Å². The molecule has 0 bridgehead atoms. The van der Waals surface area contributed by atoms with Crippen LogP contribution in [-0.2, 0) is 6.54 Å². The molecule has 1 aromatic heterocycles. The molecule has 2 rings (SSSR count). The largest absolute Gasteiger partial charge is 0.369 e. The van der Waals surface area contributed by atoms with Crippen molar-refractivity contribution >= 4 is 11.8 Å². The van der Waals surface area contributed by atoms with Crippen LogP contribution in [-0.4, -0.2) is 21.7 Å². The summed E-state index contributed by atoms with van der Waals surface area (Å²) in [7, 11) is 0. The van der Waals surface area contributed by atoms with Gasteiger partial charge in [-0.2, -0.15) is 10.1 Å². The molecule has 0 spiro atoms. The highest BCUT2D eigenvalue weighted by atomic mass is 15.3. The zero-order valence-corrected chi connectivity index (χ0v) is 11.1. The minimum absolute atomic E-state index is 0.547. The maximum absolute atomic E-state index is 4.36. The smallest absolute Gasteiger partial charge is 0.244 e. The summed E-state index contributed by atoms with van der Waals surface area (Å²) < 4.78 is 0. The summed E-state index contributed by atoms with van der Waals surface area (Å²) in [4.78, 5) is 4.36. The lowest BCUT2D eigenvalue weighted by molar-refractivity contribution is 0.826. The Morgan fingerprint density at radius 3 is 2.74 bits per heavy atom. The molecule has 0 saturated carbocycles. The van der Waals surface area contributed by atoms with Crippen LogP contribution in [0.1, 0.15) is 25.3 Å². The molecule has 1 aromatic carbocycles. The third-order valence-electron chi connectivity index (χ3n) is 2.69. The van der Waals surface area contributed by atoms with Crippen molar-refractivity contribution < 1.29 is 0 Å². The van der Waals surface area contributed by atoms with Crippen molar-refractivity contribution in [2.75, 3.05) is 17.2 Å². The number of hydrogen-bond acceptors (Lipinski definition) is 5. The molecule has 5 nitrogen and oxygen atoms in total. The number of anilines is 2. The molecule has 1 heterocycles. The molecule has 0 atom stereocenters. The zero-order valence-electron chi connectivity index (χ0n) is 11.1. The number of nitrogens with zero attached hydrogens (tertiary/aromatic N) is 3. The number of rotatable bonds is 7. The molecule has 2 aromatic rings. The first kappa shape index (κ1) is 13.3. The summed E-state index contributed by atoms with van der Waals surface area (Å²) >= 11 is 0. The summed E-state index contributed by atoms with van der Waals surface area (Å²) in [5.41, 5.74) is 1.19. The number of hydrogen-bond donors (Lipinski definition) is 2. The fourth-order valence-electron chi connectivity index (χ4n) is 1.63. The van der Waals surface area contributed by atoms with Gasteiger partial charge in [0.15, 0.2) is 0 Å². The van der Waals surface area contributed by atoms with E-state index in [-0.39, 0.29) is 0 Å². The van der Waals surface area contributed by atoms with Gasteiger partial charge in [-0.25, -0.2) is 0 Å². The first-order valence-corrected chi connectivity index (χ1v) is 6.60. The molecular weight excluding hydrogens is 238 g/mol. The van der Waals surface area contributed by atoms with Gasteiger partial charge >= 0.3 is 0 Å². The van der Waals surface area contributed by atoms with Crippen LogP contribution in [0.25, 0.3) is 0 Å². The van der Waals surface area contributed by atoms with Crippen LogP contribution in [0.3, 0.4) is 0 Å². The molecule has 0 aliphatic carbocycles. The molecule has 100 valence electrons. The van der Waals surface area contributed by atoms with Crippen LogP contribution in [0.5, 0.6) is 0 Å². The Balaban J connectivity index is 1.88. The van der Waals surface area contributed by atoms with E-state index in [2.05, 4.69) is 44.9 Å². The fraction of sp³-hybridized carbons (Fsp3) is 0.357. The lowest BCUT2D eigenvalue weighted by atomic mass is 10.2. The van der Waals surface area contributed by atoms with Crippen LogP contribution < -0.4 is 10.6 Å². The summed E-state index contributed by atoms with van der Waals surface area (Å²) in [5, 5.41) is 14.3. The van der Waals surface area contributed by atoms with Gasteiger partial charge in [-0.05, 0) is 12.0 Å². The topological polar surface area (TPSA) is 62.7 Å². The molecule has 0 aliphatic heterocycles. The SMILES string of the molecule is CCCCNc1cnnc(NCc2ccccc2)n1. The Labute approximate surface area is 113 Å². The van der Waals surface area contributed by atoms with E-state index in [1.165, 1.54) is 5.56 Å². The Morgan fingerprint density at radius 1 is 1.11 bits per heavy atom. The van der Waals surface area contributed by atoms with Crippen molar-refractivity contribution in [1.29, 1.82) is 0 Å². The molecular formula is C14H19N5. The average molecular weight is 257 g/mol. The fourth-order valence-corrected chi connectivity index (χ4v) is 1.63. The van der Waals surface area contributed by atoms with Crippen LogP contribution in [0.2, 0.25) is 0 Å². The molecule has 0 saturated heterocycles. The second-order valence-corrected chi connectivity index (χ2v) is 4.28. The van der Waals surface area contributed by atoms with E-state index in [1.807, 2.05) is 18.2 Å². The van der Waals surface area contributed by atoms with Gasteiger partial charge in [-0.15, -0.1) is 5.10 Å². The van der Waals surface area contributed by atoms with E-state index >= 15 is 0 Å². The lowest BCUT2D eigenvalue weighted by Crippen LogP contribution is -2.08. The summed E-state index contributed by atoms with van der Waals surface area (Å²) in [6, 6.07) is 10.1. The number of benzene rings is 1. The number of nitrogens with one attached hydrogen (secondary N) is 2. The van der Waals surface area contributed by atoms with Crippen molar-refractivity contribution in [1.82, 2.24) is 15.2 Å². The summed E-state index contributed by atoms with van der Waals surface area (Å²) in [6.07, 6.45) is 3.92. The lowest BCUT2D eigenvalue weighted by Gasteiger charge is -2.07. The van der Waals surface area contributed by atoms with E-state index in [0.717, 1.165) is 25.2 Å². The molecule has 0 radical (unpaired) electrons. The molecule has 0 fully saturated rings. The van der Waals surface area contributed by atoms with E-state index in [1.54, 1.807) is 6.20 Å². The Hall–Kier alpha value is -2.17. The second kappa shape index (κ2) is 7.31. The second-order valence-electron chi connectivity index (χ2n) is 4.28. The summed E-state index contributed by atoms with van der Waals surface area (Å²) in [6.45, 7) is 3.76. The Bertz CT molecular complexity index is 486. The van der Waals surface area contributed by atoms with Gasteiger partial charge in [0, 0.05) is 13.1 Å². The average Bonchev–Trinajstić information content (AvgIpc) is 2.47. The first-order chi connectivity index (χ1) is 9.38.